The topological polar surface area (TPSA) is 61.8 Å². The minimum Gasteiger partial charge on any atom is -0.496 e. The van der Waals surface area contributed by atoms with Crippen molar-refractivity contribution in [3.05, 3.63) is 24.3 Å². The summed E-state index contributed by atoms with van der Waals surface area (Å²) in [4.78, 5) is 25.5. The van der Waals surface area contributed by atoms with Gasteiger partial charge in [-0.15, -0.1) is 11.8 Å². The third kappa shape index (κ3) is 2.17. The lowest BCUT2D eigenvalue weighted by molar-refractivity contribution is -0.163. The van der Waals surface area contributed by atoms with Crippen LogP contribution in [0, 0.1) is 10.8 Å². The van der Waals surface area contributed by atoms with E-state index in [0.29, 0.717) is 5.75 Å². The molecule has 0 aromatic heterocycles. The van der Waals surface area contributed by atoms with Crippen LogP contribution < -0.4 is 4.74 Å². The molecule has 6 heteroatoms. The highest BCUT2D eigenvalue weighted by Gasteiger charge is 2.82. The van der Waals surface area contributed by atoms with E-state index < -0.39 is 22.8 Å². The van der Waals surface area contributed by atoms with Gasteiger partial charge in [0.1, 0.15) is 5.75 Å². The number of benzene rings is 1. The fourth-order valence-corrected chi connectivity index (χ4v) is 4.70. The van der Waals surface area contributed by atoms with Crippen molar-refractivity contribution in [2.45, 2.75) is 24.0 Å². The molecule has 0 heterocycles. The molecule has 0 spiro atoms. The van der Waals surface area contributed by atoms with Gasteiger partial charge in [-0.05, 0) is 12.1 Å². The summed E-state index contributed by atoms with van der Waals surface area (Å²) in [7, 11) is 4.16. The second-order valence-corrected chi connectivity index (χ2v) is 6.81. The number of methoxy groups -OCH3 is 3. The van der Waals surface area contributed by atoms with Crippen molar-refractivity contribution in [3.63, 3.8) is 0 Å². The molecule has 1 aromatic carbocycles. The lowest BCUT2D eigenvalue weighted by atomic mass is 9.96. The van der Waals surface area contributed by atoms with E-state index in [1.54, 1.807) is 7.11 Å². The van der Waals surface area contributed by atoms with Crippen LogP contribution in [0.4, 0.5) is 0 Å². The van der Waals surface area contributed by atoms with Crippen molar-refractivity contribution in [3.8, 4) is 5.75 Å². The Labute approximate surface area is 134 Å². The molecule has 2 rings (SSSR count). The van der Waals surface area contributed by atoms with Crippen molar-refractivity contribution in [1.82, 2.24) is 0 Å². The van der Waals surface area contributed by atoms with Crippen LogP contribution in [0.5, 0.6) is 5.75 Å². The monoisotopic (exact) mass is 324 g/mol. The van der Waals surface area contributed by atoms with Gasteiger partial charge in [-0.2, -0.15) is 0 Å². The standard InChI is InChI=1S/C16H20O5S/c1-15(2)12(16(15,13(17)20-4)14(18)21-5)22-11-9-7-6-8-10(11)19-3/h6-9,12H,1-5H3. The molecule has 1 aromatic rings. The summed E-state index contributed by atoms with van der Waals surface area (Å²) < 4.78 is 15.1. The average Bonchev–Trinajstić information content (AvgIpc) is 3.02. The Morgan fingerprint density at radius 3 is 2.09 bits per heavy atom. The van der Waals surface area contributed by atoms with Gasteiger partial charge in [0.25, 0.3) is 0 Å². The minimum atomic E-state index is -1.29. The van der Waals surface area contributed by atoms with Gasteiger partial charge in [0.15, 0.2) is 5.41 Å². The van der Waals surface area contributed by atoms with Crippen LogP contribution in [-0.4, -0.2) is 38.5 Å². The number of hydrogen-bond donors (Lipinski definition) is 0. The molecule has 1 saturated carbocycles. The summed E-state index contributed by atoms with van der Waals surface area (Å²) in [6.45, 7) is 3.74. The van der Waals surface area contributed by atoms with E-state index >= 15 is 0 Å². The van der Waals surface area contributed by atoms with E-state index in [1.807, 2.05) is 38.1 Å². The lowest BCUT2D eigenvalue weighted by Crippen LogP contribution is -2.34. The molecule has 1 aliphatic rings. The van der Waals surface area contributed by atoms with Crippen molar-refractivity contribution in [1.29, 1.82) is 0 Å². The molecule has 0 aliphatic heterocycles. The third-order valence-corrected chi connectivity index (χ3v) is 6.08. The summed E-state index contributed by atoms with van der Waals surface area (Å²) in [6, 6.07) is 7.50. The number of thioether (sulfide) groups is 1. The second kappa shape index (κ2) is 5.83. The molecule has 1 aliphatic carbocycles. The zero-order chi connectivity index (χ0) is 16.5. The highest BCUT2D eigenvalue weighted by atomic mass is 32.2. The number of para-hydroxylation sites is 1. The molecule has 22 heavy (non-hydrogen) atoms. The predicted molar refractivity (Wildman–Crippen MR) is 82.9 cm³/mol. The average molecular weight is 324 g/mol. The van der Waals surface area contributed by atoms with Crippen molar-refractivity contribution in [2.24, 2.45) is 10.8 Å². The van der Waals surface area contributed by atoms with E-state index in [0.717, 1.165) is 4.90 Å². The van der Waals surface area contributed by atoms with E-state index in [4.69, 9.17) is 14.2 Å². The molecular formula is C16H20O5S. The Bertz CT molecular complexity index is 580. The van der Waals surface area contributed by atoms with Crippen LogP contribution in [0.2, 0.25) is 0 Å². The Kier molecular flexibility index (Phi) is 4.42. The van der Waals surface area contributed by atoms with Crippen molar-refractivity contribution >= 4 is 23.7 Å². The van der Waals surface area contributed by atoms with Crippen LogP contribution >= 0.6 is 11.8 Å². The molecule has 0 amide bonds. The van der Waals surface area contributed by atoms with Crippen LogP contribution in [0.15, 0.2) is 29.2 Å². The number of carbonyl (C=O) groups is 2. The van der Waals surface area contributed by atoms with Gasteiger partial charge < -0.3 is 14.2 Å². The Balaban J connectivity index is 2.39. The van der Waals surface area contributed by atoms with Crippen molar-refractivity contribution in [2.75, 3.05) is 21.3 Å². The van der Waals surface area contributed by atoms with Crippen molar-refractivity contribution < 1.29 is 23.8 Å². The molecule has 0 radical (unpaired) electrons. The van der Waals surface area contributed by atoms with E-state index in [9.17, 15) is 9.59 Å². The summed E-state index contributed by atoms with van der Waals surface area (Å²) in [5, 5.41) is -0.281. The first-order chi connectivity index (χ1) is 10.4. The fraction of sp³-hybridized carbons (Fsp3) is 0.500. The molecule has 0 N–H and O–H groups in total. The van der Waals surface area contributed by atoms with Crippen LogP contribution in [0.3, 0.4) is 0 Å². The summed E-state index contributed by atoms with van der Waals surface area (Å²) >= 11 is 1.44. The van der Waals surface area contributed by atoms with Gasteiger partial charge >= 0.3 is 11.9 Å². The van der Waals surface area contributed by atoms with Gasteiger partial charge in [-0.25, -0.2) is 0 Å². The molecule has 1 fully saturated rings. The third-order valence-electron chi connectivity index (χ3n) is 4.31. The number of hydrogen-bond acceptors (Lipinski definition) is 6. The molecule has 5 nitrogen and oxygen atoms in total. The molecule has 0 saturated heterocycles. The molecule has 120 valence electrons. The molecule has 1 atom stereocenters. The normalized spacial score (nSPS) is 20.9. The smallest absolute Gasteiger partial charge is 0.325 e. The van der Waals surface area contributed by atoms with Crippen LogP contribution in [0.25, 0.3) is 0 Å². The Hall–Kier alpha value is -1.69. The van der Waals surface area contributed by atoms with E-state index in [1.165, 1.54) is 26.0 Å². The zero-order valence-corrected chi connectivity index (χ0v) is 14.2. The number of carbonyl (C=O) groups excluding carboxylic acids is 2. The van der Waals surface area contributed by atoms with E-state index in [2.05, 4.69) is 0 Å². The molecular weight excluding hydrogens is 304 g/mol. The number of rotatable bonds is 5. The fourth-order valence-electron chi connectivity index (χ4n) is 2.94. The molecule has 0 bridgehead atoms. The molecule has 1 unspecified atom stereocenters. The second-order valence-electron chi connectivity index (χ2n) is 5.66. The maximum Gasteiger partial charge on any atom is 0.325 e. The first-order valence-corrected chi connectivity index (χ1v) is 7.72. The van der Waals surface area contributed by atoms with Gasteiger partial charge in [0, 0.05) is 15.6 Å². The zero-order valence-electron chi connectivity index (χ0n) is 13.3. The number of ether oxygens (including phenoxy) is 3. The van der Waals surface area contributed by atoms with Gasteiger partial charge in [-0.3, -0.25) is 9.59 Å². The van der Waals surface area contributed by atoms with Crippen LogP contribution in [-0.2, 0) is 19.1 Å². The minimum absolute atomic E-state index is 0.281. The maximum absolute atomic E-state index is 12.3. The highest BCUT2D eigenvalue weighted by Crippen LogP contribution is 2.71. The van der Waals surface area contributed by atoms with Gasteiger partial charge in [0.05, 0.1) is 21.3 Å². The van der Waals surface area contributed by atoms with E-state index in [-0.39, 0.29) is 5.25 Å². The van der Waals surface area contributed by atoms with Gasteiger partial charge in [0.2, 0.25) is 0 Å². The predicted octanol–water partition coefficient (Wildman–Crippen LogP) is 2.53. The summed E-state index contributed by atoms with van der Waals surface area (Å²) in [6.07, 6.45) is 0. The first-order valence-electron chi connectivity index (χ1n) is 6.84. The number of esters is 2. The van der Waals surface area contributed by atoms with Gasteiger partial charge in [-0.1, -0.05) is 26.0 Å². The summed E-state index contributed by atoms with van der Waals surface area (Å²) in [5.74, 6) is -0.410. The Morgan fingerprint density at radius 2 is 1.59 bits per heavy atom. The quantitative estimate of drug-likeness (QED) is 0.613. The SMILES string of the molecule is COC(=O)C1(C(=O)OC)C(Sc2ccccc2OC)C1(C)C. The van der Waals surface area contributed by atoms with Crippen LogP contribution in [0.1, 0.15) is 13.8 Å². The highest BCUT2D eigenvalue weighted by molar-refractivity contribution is 8.00. The Morgan fingerprint density at radius 1 is 1.05 bits per heavy atom. The largest absolute Gasteiger partial charge is 0.496 e. The lowest BCUT2D eigenvalue weighted by Gasteiger charge is -2.14. The maximum atomic E-state index is 12.3. The summed E-state index contributed by atoms with van der Waals surface area (Å²) in [5.41, 5.74) is -1.86. The first kappa shape index (κ1) is 16.7.